The fourth-order valence-corrected chi connectivity index (χ4v) is 2.37. The van der Waals surface area contributed by atoms with Gasteiger partial charge in [-0.3, -0.25) is 4.98 Å². The lowest BCUT2D eigenvalue weighted by Gasteiger charge is -2.22. The lowest BCUT2D eigenvalue weighted by atomic mass is 9.94. The summed E-state index contributed by atoms with van der Waals surface area (Å²) in [6.45, 7) is 5.19. The number of rotatable bonds is 6. The second-order valence-electron chi connectivity index (χ2n) is 4.87. The molecule has 0 spiro atoms. The van der Waals surface area contributed by atoms with Gasteiger partial charge in [-0.05, 0) is 54.3 Å². The molecule has 0 bridgehead atoms. The summed E-state index contributed by atoms with van der Waals surface area (Å²) >= 11 is 0. The first-order valence-corrected chi connectivity index (χ1v) is 7.17. The van der Waals surface area contributed by atoms with Crippen LogP contribution in [-0.2, 0) is 6.42 Å². The fourth-order valence-electron chi connectivity index (χ4n) is 2.37. The van der Waals surface area contributed by atoms with Crippen molar-refractivity contribution in [1.82, 2.24) is 10.3 Å². The van der Waals surface area contributed by atoms with Gasteiger partial charge in [0.2, 0.25) is 0 Å². The van der Waals surface area contributed by atoms with Crippen molar-refractivity contribution in [3.05, 3.63) is 65.2 Å². The molecule has 1 heterocycles. The second kappa shape index (κ2) is 7.15. The molecule has 1 unspecified atom stereocenters. The molecular weight excluding hydrogens is 251 g/mol. The summed E-state index contributed by atoms with van der Waals surface area (Å²) in [6.07, 6.45) is 5.73. The maximum absolute atomic E-state index is 13.1. The van der Waals surface area contributed by atoms with Crippen LogP contribution in [0.15, 0.2) is 42.7 Å². The quantitative estimate of drug-likeness (QED) is 0.863. The van der Waals surface area contributed by atoms with Crippen molar-refractivity contribution in [2.45, 2.75) is 32.7 Å². The number of aryl methyl sites for hydroxylation is 1. The largest absolute Gasteiger partial charge is 0.306 e. The van der Waals surface area contributed by atoms with E-state index in [9.17, 15) is 4.39 Å². The molecule has 0 aliphatic rings. The van der Waals surface area contributed by atoms with Gasteiger partial charge >= 0.3 is 0 Å². The summed E-state index contributed by atoms with van der Waals surface area (Å²) in [5, 5.41) is 3.55. The van der Waals surface area contributed by atoms with E-state index in [-0.39, 0.29) is 11.9 Å². The normalized spacial score (nSPS) is 12.3. The van der Waals surface area contributed by atoms with Crippen LogP contribution >= 0.6 is 0 Å². The molecule has 2 aromatic rings. The SMILES string of the molecule is CCCNC(c1ccc(F)cc1)c1ccncc1CC. The lowest BCUT2D eigenvalue weighted by molar-refractivity contribution is 0.589. The molecule has 1 aromatic carbocycles. The minimum absolute atomic E-state index is 0.0912. The summed E-state index contributed by atoms with van der Waals surface area (Å²) < 4.78 is 13.1. The van der Waals surface area contributed by atoms with Crippen LogP contribution in [0.2, 0.25) is 0 Å². The van der Waals surface area contributed by atoms with Gasteiger partial charge in [0.1, 0.15) is 5.82 Å². The zero-order valence-corrected chi connectivity index (χ0v) is 12.1. The predicted molar refractivity (Wildman–Crippen MR) is 80.2 cm³/mol. The minimum Gasteiger partial charge on any atom is -0.306 e. The average molecular weight is 272 g/mol. The van der Waals surface area contributed by atoms with Crippen molar-refractivity contribution >= 4 is 0 Å². The zero-order valence-electron chi connectivity index (χ0n) is 12.1. The maximum atomic E-state index is 13.1. The number of benzene rings is 1. The molecule has 0 aliphatic heterocycles. The van der Waals surface area contributed by atoms with Crippen LogP contribution in [-0.4, -0.2) is 11.5 Å². The Morgan fingerprint density at radius 3 is 2.55 bits per heavy atom. The first-order chi connectivity index (χ1) is 9.76. The van der Waals surface area contributed by atoms with E-state index < -0.39 is 0 Å². The number of aromatic nitrogens is 1. The smallest absolute Gasteiger partial charge is 0.123 e. The van der Waals surface area contributed by atoms with E-state index in [1.807, 2.05) is 24.5 Å². The van der Waals surface area contributed by atoms with Crippen LogP contribution in [0, 0.1) is 5.82 Å². The summed E-state index contributed by atoms with van der Waals surface area (Å²) in [5.41, 5.74) is 3.54. The molecule has 0 radical (unpaired) electrons. The van der Waals surface area contributed by atoms with Crippen molar-refractivity contribution in [2.24, 2.45) is 0 Å². The highest BCUT2D eigenvalue weighted by Crippen LogP contribution is 2.25. The number of hydrogen-bond donors (Lipinski definition) is 1. The number of nitrogens with one attached hydrogen (secondary N) is 1. The minimum atomic E-state index is -0.201. The van der Waals surface area contributed by atoms with Gasteiger partial charge in [-0.15, -0.1) is 0 Å². The van der Waals surface area contributed by atoms with Crippen molar-refractivity contribution in [3.63, 3.8) is 0 Å². The number of pyridine rings is 1. The fraction of sp³-hybridized carbons (Fsp3) is 0.353. The van der Waals surface area contributed by atoms with E-state index >= 15 is 0 Å². The molecule has 0 aliphatic carbocycles. The molecule has 0 amide bonds. The second-order valence-corrected chi connectivity index (χ2v) is 4.87. The standard InChI is InChI=1S/C17H21FN2/c1-3-10-20-17(14-5-7-15(18)8-6-14)16-9-11-19-12-13(16)4-2/h5-9,11-12,17,20H,3-4,10H2,1-2H3. The monoisotopic (exact) mass is 272 g/mol. The van der Waals surface area contributed by atoms with Crippen molar-refractivity contribution in [2.75, 3.05) is 6.54 Å². The highest BCUT2D eigenvalue weighted by Gasteiger charge is 2.16. The highest BCUT2D eigenvalue weighted by molar-refractivity contribution is 5.36. The molecule has 2 nitrogen and oxygen atoms in total. The molecule has 0 saturated carbocycles. The third-order valence-electron chi connectivity index (χ3n) is 3.44. The van der Waals surface area contributed by atoms with Crippen LogP contribution in [0.4, 0.5) is 4.39 Å². The van der Waals surface area contributed by atoms with Gasteiger partial charge in [0.15, 0.2) is 0 Å². The van der Waals surface area contributed by atoms with Crippen molar-refractivity contribution in [1.29, 1.82) is 0 Å². The van der Waals surface area contributed by atoms with E-state index in [1.54, 1.807) is 0 Å². The molecule has 1 atom stereocenters. The predicted octanol–water partition coefficient (Wildman–Crippen LogP) is 3.87. The molecular formula is C17H21FN2. The summed E-state index contributed by atoms with van der Waals surface area (Å²) in [6, 6.07) is 8.88. The van der Waals surface area contributed by atoms with Crippen molar-refractivity contribution in [3.8, 4) is 0 Å². The topological polar surface area (TPSA) is 24.9 Å². The highest BCUT2D eigenvalue weighted by atomic mass is 19.1. The van der Waals surface area contributed by atoms with E-state index in [2.05, 4.69) is 30.2 Å². The Morgan fingerprint density at radius 1 is 1.15 bits per heavy atom. The van der Waals surface area contributed by atoms with E-state index in [0.717, 1.165) is 24.9 Å². The zero-order chi connectivity index (χ0) is 14.4. The van der Waals surface area contributed by atoms with Gasteiger partial charge < -0.3 is 5.32 Å². The summed E-state index contributed by atoms with van der Waals surface area (Å²) in [7, 11) is 0. The van der Waals surface area contributed by atoms with Gasteiger partial charge in [-0.25, -0.2) is 4.39 Å². The average Bonchev–Trinajstić information content (AvgIpc) is 2.50. The van der Waals surface area contributed by atoms with Gasteiger partial charge in [0, 0.05) is 12.4 Å². The first-order valence-electron chi connectivity index (χ1n) is 7.17. The van der Waals surface area contributed by atoms with Crippen molar-refractivity contribution < 1.29 is 4.39 Å². The Morgan fingerprint density at radius 2 is 1.90 bits per heavy atom. The number of nitrogens with zero attached hydrogens (tertiary/aromatic N) is 1. The van der Waals surface area contributed by atoms with Gasteiger partial charge in [0.25, 0.3) is 0 Å². The Labute approximate surface area is 120 Å². The molecule has 0 fully saturated rings. The first kappa shape index (κ1) is 14.7. The van der Waals surface area contributed by atoms with Crippen LogP contribution in [0.1, 0.15) is 43.0 Å². The Hall–Kier alpha value is -1.74. The van der Waals surface area contributed by atoms with E-state index in [4.69, 9.17) is 0 Å². The Balaban J connectivity index is 2.38. The van der Waals surface area contributed by atoms with Crippen LogP contribution in [0.5, 0.6) is 0 Å². The third-order valence-corrected chi connectivity index (χ3v) is 3.44. The summed E-state index contributed by atoms with van der Waals surface area (Å²) in [4.78, 5) is 4.20. The molecule has 2 rings (SSSR count). The van der Waals surface area contributed by atoms with Crippen LogP contribution in [0.25, 0.3) is 0 Å². The lowest BCUT2D eigenvalue weighted by Crippen LogP contribution is -2.24. The molecule has 3 heteroatoms. The molecule has 1 N–H and O–H groups in total. The van der Waals surface area contributed by atoms with E-state index in [1.165, 1.54) is 23.3 Å². The summed E-state index contributed by atoms with van der Waals surface area (Å²) in [5.74, 6) is -0.201. The number of hydrogen-bond acceptors (Lipinski definition) is 2. The Kier molecular flexibility index (Phi) is 5.24. The van der Waals surface area contributed by atoms with Gasteiger partial charge in [-0.1, -0.05) is 26.0 Å². The molecule has 1 aromatic heterocycles. The van der Waals surface area contributed by atoms with Crippen LogP contribution < -0.4 is 5.32 Å². The molecule has 0 saturated heterocycles. The van der Waals surface area contributed by atoms with E-state index in [0.29, 0.717) is 0 Å². The maximum Gasteiger partial charge on any atom is 0.123 e. The Bertz CT molecular complexity index is 537. The third kappa shape index (κ3) is 3.42. The molecule has 106 valence electrons. The van der Waals surface area contributed by atoms with Crippen LogP contribution in [0.3, 0.4) is 0 Å². The van der Waals surface area contributed by atoms with Gasteiger partial charge in [0.05, 0.1) is 6.04 Å². The number of halogens is 1. The van der Waals surface area contributed by atoms with Gasteiger partial charge in [-0.2, -0.15) is 0 Å². The molecule has 20 heavy (non-hydrogen) atoms.